The maximum atomic E-state index is 13.1. The summed E-state index contributed by atoms with van der Waals surface area (Å²) in [5.41, 5.74) is -0.654. The number of piperidine rings is 1. The molecule has 8 nitrogen and oxygen atoms in total. The lowest BCUT2D eigenvalue weighted by atomic mass is 9.91. The minimum atomic E-state index is -1.25. The molecule has 0 spiro atoms. The van der Waals surface area contributed by atoms with Gasteiger partial charge >= 0.3 is 6.03 Å². The molecule has 0 aromatic heterocycles. The van der Waals surface area contributed by atoms with Gasteiger partial charge in [0.15, 0.2) is 11.5 Å². The Morgan fingerprint density at radius 1 is 1.25 bits per heavy atom. The number of likely N-dealkylation sites (tertiary alicyclic amines) is 1. The van der Waals surface area contributed by atoms with Crippen LogP contribution in [0.4, 0.5) is 4.79 Å². The van der Waals surface area contributed by atoms with Crippen LogP contribution < -0.4 is 14.8 Å². The van der Waals surface area contributed by atoms with E-state index in [-0.39, 0.29) is 12.5 Å². The molecule has 0 unspecified atom stereocenters. The number of carbonyl (C=O) groups excluding carboxylic acids is 3. The van der Waals surface area contributed by atoms with E-state index in [0.29, 0.717) is 49.3 Å². The second-order valence-corrected chi connectivity index (χ2v) is 7.89. The molecular formula is C20H25N3O5. The zero-order valence-electron chi connectivity index (χ0n) is 16.2. The first-order valence-corrected chi connectivity index (χ1v) is 9.70. The van der Waals surface area contributed by atoms with E-state index in [0.717, 1.165) is 17.7 Å². The van der Waals surface area contributed by atoms with E-state index < -0.39 is 17.5 Å². The molecule has 1 aromatic rings. The average Bonchev–Trinajstić information content (AvgIpc) is 2.91. The zero-order valence-corrected chi connectivity index (χ0v) is 16.2. The molecule has 28 heavy (non-hydrogen) atoms. The van der Waals surface area contributed by atoms with Crippen molar-refractivity contribution >= 4 is 17.8 Å². The normalized spacial score (nSPS) is 27.0. The molecule has 0 bridgehead atoms. The van der Waals surface area contributed by atoms with E-state index in [4.69, 9.17) is 9.47 Å². The Labute approximate surface area is 163 Å². The number of fused-ring (bicyclic) bond motifs is 1. The van der Waals surface area contributed by atoms with Gasteiger partial charge in [-0.3, -0.25) is 14.5 Å². The number of urea groups is 1. The molecule has 150 valence electrons. The first-order valence-electron chi connectivity index (χ1n) is 9.70. The quantitative estimate of drug-likeness (QED) is 0.794. The standard InChI is InChI=1S/C20H25N3O5/c1-13-4-3-7-22(11-13)17(24)12-23-18(25)20(2,21-19(23)26)14-5-6-15-16(10-14)28-9-8-27-15/h5-6,10,13H,3-4,7-9,11-12H2,1-2H3,(H,21,26)/t13-,20+/m0/s1. The molecule has 3 aliphatic rings. The SMILES string of the molecule is C[C@H]1CCCN(C(=O)CN2C(=O)N[C@](C)(c3ccc4c(c3)OCCO4)C2=O)C1. The Morgan fingerprint density at radius 2 is 2.00 bits per heavy atom. The largest absolute Gasteiger partial charge is 0.486 e. The highest BCUT2D eigenvalue weighted by atomic mass is 16.6. The van der Waals surface area contributed by atoms with Crippen molar-refractivity contribution in [3.05, 3.63) is 23.8 Å². The molecule has 8 heteroatoms. The van der Waals surface area contributed by atoms with Crippen molar-refractivity contribution in [2.24, 2.45) is 5.92 Å². The number of hydrogen-bond acceptors (Lipinski definition) is 5. The first kappa shape index (κ1) is 18.6. The third kappa shape index (κ3) is 3.16. The summed E-state index contributed by atoms with van der Waals surface area (Å²) in [5, 5.41) is 2.74. The Kier molecular flexibility index (Phi) is 4.64. The van der Waals surface area contributed by atoms with Crippen LogP contribution in [0.5, 0.6) is 11.5 Å². The van der Waals surface area contributed by atoms with E-state index in [1.165, 1.54) is 0 Å². The molecule has 4 amide bonds. The van der Waals surface area contributed by atoms with Crippen molar-refractivity contribution in [3.8, 4) is 11.5 Å². The van der Waals surface area contributed by atoms with Crippen molar-refractivity contribution in [2.75, 3.05) is 32.8 Å². The highest BCUT2D eigenvalue weighted by Gasteiger charge is 2.50. The van der Waals surface area contributed by atoms with Gasteiger partial charge in [-0.2, -0.15) is 0 Å². The number of nitrogens with zero attached hydrogens (tertiary/aromatic N) is 2. The molecule has 0 radical (unpaired) electrons. The minimum Gasteiger partial charge on any atom is -0.486 e. The number of benzene rings is 1. The van der Waals surface area contributed by atoms with Gasteiger partial charge in [-0.1, -0.05) is 13.0 Å². The Hall–Kier alpha value is -2.77. The van der Waals surface area contributed by atoms with Gasteiger partial charge in [-0.25, -0.2) is 4.79 Å². The third-order valence-corrected chi connectivity index (χ3v) is 5.70. The summed E-state index contributed by atoms with van der Waals surface area (Å²) in [6.45, 7) is 5.76. The lowest BCUT2D eigenvalue weighted by Crippen LogP contribution is -2.47. The molecule has 1 aromatic carbocycles. The summed E-state index contributed by atoms with van der Waals surface area (Å²) >= 11 is 0. The highest BCUT2D eigenvalue weighted by Crippen LogP contribution is 2.36. The number of hydrogen-bond donors (Lipinski definition) is 1. The van der Waals surface area contributed by atoms with Crippen LogP contribution in [0.3, 0.4) is 0 Å². The van der Waals surface area contributed by atoms with Crippen LogP contribution >= 0.6 is 0 Å². The summed E-state index contributed by atoms with van der Waals surface area (Å²) in [6, 6.07) is 4.63. The topological polar surface area (TPSA) is 88.2 Å². The lowest BCUT2D eigenvalue weighted by Gasteiger charge is -2.32. The van der Waals surface area contributed by atoms with Gasteiger partial charge in [-0.05, 0) is 43.4 Å². The van der Waals surface area contributed by atoms with Crippen LogP contribution in [0.15, 0.2) is 18.2 Å². The van der Waals surface area contributed by atoms with Crippen LogP contribution in [0.25, 0.3) is 0 Å². The van der Waals surface area contributed by atoms with Crippen LogP contribution in [-0.4, -0.2) is 60.5 Å². The summed E-state index contributed by atoms with van der Waals surface area (Å²) < 4.78 is 11.1. The maximum Gasteiger partial charge on any atom is 0.325 e. The molecule has 1 N–H and O–H groups in total. The van der Waals surface area contributed by atoms with E-state index in [2.05, 4.69) is 12.2 Å². The number of amides is 4. The molecule has 3 aliphatic heterocycles. The number of carbonyl (C=O) groups is 3. The molecule has 2 fully saturated rings. The fraction of sp³-hybridized carbons (Fsp3) is 0.550. The van der Waals surface area contributed by atoms with Gasteiger partial charge < -0.3 is 19.7 Å². The van der Waals surface area contributed by atoms with Gasteiger partial charge in [0.1, 0.15) is 25.3 Å². The summed E-state index contributed by atoms with van der Waals surface area (Å²) in [5.74, 6) is 0.961. The van der Waals surface area contributed by atoms with E-state index in [9.17, 15) is 14.4 Å². The van der Waals surface area contributed by atoms with Crippen LogP contribution in [0.1, 0.15) is 32.3 Å². The van der Waals surface area contributed by atoms with E-state index >= 15 is 0 Å². The second-order valence-electron chi connectivity index (χ2n) is 7.89. The highest BCUT2D eigenvalue weighted by molar-refractivity contribution is 6.09. The first-order chi connectivity index (χ1) is 13.4. The summed E-state index contributed by atoms with van der Waals surface area (Å²) in [4.78, 5) is 41.0. The molecule has 4 rings (SSSR count). The Morgan fingerprint density at radius 3 is 2.75 bits per heavy atom. The van der Waals surface area contributed by atoms with Gasteiger partial charge in [0.25, 0.3) is 5.91 Å². The molecule has 0 saturated carbocycles. The fourth-order valence-corrected chi connectivity index (χ4v) is 4.04. The van der Waals surface area contributed by atoms with Crippen molar-refractivity contribution in [2.45, 2.75) is 32.2 Å². The monoisotopic (exact) mass is 387 g/mol. The Balaban J connectivity index is 1.52. The fourth-order valence-electron chi connectivity index (χ4n) is 4.04. The number of nitrogens with one attached hydrogen (secondary N) is 1. The maximum absolute atomic E-state index is 13.1. The van der Waals surface area contributed by atoms with Gasteiger partial charge in [0.05, 0.1) is 0 Å². The number of ether oxygens (including phenoxy) is 2. The van der Waals surface area contributed by atoms with Gasteiger partial charge in [0, 0.05) is 13.1 Å². The van der Waals surface area contributed by atoms with Crippen molar-refractivity contribution in [1.82, 2.24) is 15.1 Å². The third-order valence-electron chi connectivity index (χ3n) is 5.70. The van der Waals surface area contributed by atoms with Crippen LogP contribution in [0, 0.1) is 5.92 Å². The van der Waals surface area contributed by atoms with E-state index in [1.54, 1.807) is 30.0 Å². The summed E-state index contributed by atoms with van der Waals surface area (Å²) in [7, 11) is 0. The second kappa shape index (κ2) is 7.00. The van der Waals surface area contributed by atoms with Gasteiger partial charge in [0.2, 0.25) is 5.91 Å². The van der Waals surface area contributed by atoms with E-state index in [1.807, 2.05) is 0 Å². The predicted molar refractivity (Wildman–Crippen MR) is 100 cm³/mol. The molecule has 2 atom stereocenters. The average molecular weight is 387 g/mol. The van der Waals surface area contributed by atoms with Crippen LogP contribution in [-0.2, 0) is 15.1 Å². The molecule has 0 aliphatic carbocycles. The lowest BCUT2D eigenvalue weighted by molar-refractivity contribution is -0.139. The van der Waals surface area contributed by atoms with Crippen molar-refractivity contribution in [3.63, 3.8) is 0 Å². The number of imide groups is 1. The zero-order chi connectivity index (χ0) is 19.9. The van der Waals surface area contributed by atoms with Crippen molar-refractivity contribution < 1.29 is 23.9 Å². The predicted octanol–water partition coefficient (Wildman–Crippen LogP) is 1.48. The van der Waals surface area contributed by atoms with Gasteiger partial charge in [-0.15, -0.1) is 0 Å². The minimum absolute atomic E-state index is 0.193. The Bertz CT molecular complexity index is 826. The molecule has 3 heterocycles. The summed E-state index contributed by atoms with van der Waals surface area (Å²) in [6.07, 6.45) is 2.04. The molecular weight excluding hydrogens is 362 g/mol. The number of rotatable bonds is 3. The molecule has 2 saturated heterocycles. The smallest absolute Gasteiger partial charge is 0.325 e. The van der Waals surface area contributed by atoms with Crippen molar-refractivity contribution in [1.29, 1.82) is 0 Å². The van der Waals surface area contributed by atoms with Crippen LogP contribution in [0.2, 0.25) is 0 Å².